The number of hydrogen-bond acceptors (Lipinski definition) is 2. The van der Waals surface area contributed by atoms with E-state index in [1.165, 1.54) is 0 Å². The predicted molar refractivity (Wildman–Crippen MR) is 42.7 cm³/mol. The van der Waals surface area contributed by atoms with Crippen molar-refractivity contribution in [3.8, 4) is 6.07 Å². The van der Waals surface area contributed by atoms with Crippen LogP contribution < -0.4 is 0 Å². The fourth-order valence-electron chi connectivity index (χ4n) is 0.761. The van der Waals surface area contributed by atoms with Crippen molar-refractivity contribution in [3.05, 3.63) is 42.2 Å². The zero-order chi connectivity index (χ0) is 8.10. The van der Waals surface area contributed by atoms with Crippen LogP contribution in [0.3, 0.4) is 0 Å². The Hall–Kier alpha value is -1.62. The zero-order valence-electron chi connectivity index (χ0n) is 6.12. The monoisotopic (exact) mass is 144 g/mol. The van der Waals surface area contributed by atoms with Gasteiger partial charge in [0, 0.05) is 23.9 Å². The Balaban J connectivity index is 2.67. The second-order valence-corrected chi connectivity index (χ2v) is 2.21. The van der Waals surface area contributed by atoms with E-state index in [2.05, 4.69) is 11.6 Å². The van der Waals surface area contributed by atoms with Crippen LogP contribution in [0.1, 0.15) is 5.69 Å². The average Bonchev–Trinajstić information content (AvgIpc) is 2.06. The third-order valence-electron chi connectivity index (χ3n) is 1.28. The molecule has 0 spiro atoms. The molecule has 1 aromatic heterocycles. The van der Waals surface area contributed by atoms with Crippen LogP contribution in [0.4, 0.5) is 0 Å². The van der Waals surface area contributed by atoms with Gasteiger partial charge in [0.1, 0.15) is 0 Å². The zero-order valence-corrected chi connectivity index (χ0v) is 6.12. The summed E-state index contributed by atoms with van der Waals surface area (Å²) in [5.41, 5.74) is 1.43. The molecule has 0 bridgehead atoms. The summed E-state index contributed by atoms with van der Waals surface area (Å²) in [5.74, 6) is 0. The van der Waals surface area contributed by atoms with Crippen molar-refractivity contribution in [1.82, 2.24) is 4.98 Å². The Bertz CT molecular complexity index is 282. The Morgan fingerprint density at radius 3 is 3.00 bits per heavy atom. The number of pyridine rings is 1. The lowest BCUT2D eigenvalue weighted by molar-refractivity contribution is 1.08. The van der Waals surface area contributed by atoms with Gasteiger partial charge in [-0.1, -0.05) is 12.6 Å². The molecule has 2 nitrogen and oxygen atoms in total. The van der Waals surface area contributed by atoms with E-state index in [9.17, 15) is 0 Å². The molecule has 0 aliphatic heterocycles. The van der Waals surface area contributed by atoms with Gasteiger partial charge in [-0.2, -0.15) is 5.26 Å². The van der Waals surface area contributed by atoms with E-state index < -0.39 is 0 Å². The van der Waals surface area contributed by atoms with Crippen LogP contribution in [0.2, 0.25) is 0 Å². The maximum atomic E-state index is 8.42. The lowest BCUT2D eigenvalue weighted by Crippen LogP contribution is -1.89. The van der Waals surface area contributed by atoms with E-state index in [1.54, 1.807) is 6.20 Å². The number of allylic oxidation sites excluding steroid dienone is 1. The second kappa shape index (κ2) is 3.52. The van der Waals surface area contributed by atoms with Crippen molar-refractivity contribution in [2.24, 2.45) is 0 Å². The van der Waals surface area contributed by atoms with Crippen LogP contribution in [-0.4, -0.2) is 4.98 Å². The molecular formula is C9H8N2. The molecule has 1 rings (SSSR count). The minimum Gasteiger partial charge on any atom is -0.261 e. The van der Waals surface area contributed by atoms with Crippen molar-refractivity contribution in [1.29, 1.82) is 5.26 Å². The van der Waals surface area contributed by atoms with Gasteiger partial charge in [0.25, 0.3) is 0 Å². The van der Waals surface area contributed by atoms with E-state index in [1.807, 2.05) is 24.3 Å². The minimum atomic E-state index is 0.545. The highest BCUT2D eigenvalue weighted by Crippen LogP contribution is 2.00. The first kappa shape index (κ1) is 7.49. The first-order valence-corrected chi connectivity index (χ1v) is 3.30. The van der Waals surface area contributed by atoms with Gasteiger partial charge in [0.15, 0.2) is 0 Å². The molecule has 0 aliphatic rings. The van der Waals surface area contributed by atoms with Crippen LogP contribution >= 0.6 is 0 Å². The summed E-state index contributed by atoms with van der Waals surface area (Å²) in [7, 11) is 0. The van der Waals surface area contributed by atoms with Crippen LogP contribution in [0.25, 0.3) is 0 Å². The molecule has 1 aromatic rings. The van der Waals surface area contributed by atoms with Crippen molar-refractivity contribution in [2.45, 2.75) is 6.42 Å². The van der Waals surface area contributed by atoms with Gasteiger partial charge < -0.3 is 0 Å². The van der Waals surface area contributed by atoms with E-state index in [0.29, 0.717) is 12.0 Å². The maximum absolute atomic E-state index is 8.42. The van der Waals surface area contributed by atoms with Crippen LogP contribution in [0, 0.1) is 11.3 Å². The molecule has 0 saturated heterocycles. The average molecular weight is 144 g/mol. The summed E-state index contributed by atoms with van der Waals surface area (Å²) in [6.45, 7) is 3.57. The summed E-state index contributed by atoms with van der Waals surface area (Å²) in [6.07, 6.45) is 2.26. The SMILES string of the molecule is C=C(C#N)Cc1ccccn1. The minimum absolute atomic E-state index is 0.545. The third-order valence-corrected chi connectivity index (χ3v) is 1.28. The normalized spacial score (nSPS) is 8.64. The van der Waals surface area contributed by atoms with Gasteiger partial charge in [-0.25, -0.2) is 0 Å². The summed E-state index contributed by atoms with van der Waals surface area (Å²) in [5, 5.41) is 8.42. The molecular weight excluding hydrogens is 136 g/mol. The van der Waals surface area contributed by atoms with Crippen molar-refractivity contribution in [3.63, 3.8) is 0 Å². The molecule has 2 heteroatoms. The highest BCUT2D eigenvalue weighted by atomic mass is 14.7. The molecule has 0 fully saturated rings. The number of nitrogens with zero attached hydrogens (tertiary/aromatic N) is 2. The largest absolute Gasteiger partial charge is 0.261 e. The molecule has 0 saturated carbocycles. The Labute approximate surface area is 65.8 Å². The van der Waals surface area contributed by atoms with Gasteiger partial charge in [-0.15, -0.1) is 0 Å². The fourth-order valence-corrected chi connectivity index (χ4v) is 0.761. The summed E-state index contributed by atoms with van der Waals surface area (Å²) in [6, 6.07) is 7.60. The Morgan fingerprint density at radius 2 is 2.45 bits per heavy atom. The number of aromatic nitrogens is 1. The van der Waals surface area contributed by atoms with E-state index in [4.69, 9.17) is 5.26 Å². The molecule has 11 heavy (non-hydrogen) atoms. The molecule has 0 aromatic carbocycles. The molecule has 0 atom stereocenters. The van der Waals surface area contributed by atoms with Gasteiger partial charge in [-0.05, 0) is 12.1 Å². The summed E-state index contributed by atoms with van der Waals surface area (Å²) < 4.78 is 0. The molecule has 0 N–H and O–H groups in total. The third kappa shape index (κ3) is 2.23. The van der Waals surface area contributed by atoms with Crippen LogP contribution in [-0.2, 0) is 6.42 Å². The maximum Gasteiger partial charge on any atom is 0.0944 e. The first-order valence-electron chi connectivity index (χ1n) is 3.30. The van der Waals surface area contributed by atoms with Crippen LogP contribution in [0.15, 0.2) is 36.5 Å². The standard InChI is InChI=1S/C9H8N2/c1-8(7-10)6-9-4-2-3-5-11-9/h2-5H,1,6H2. The van der Waals surface area contributed by atoms with Gasteiger partial charge in [0.2, 0.25) is 0 Å². The van der Waals surface area contributed by atoms with Gasteiger partial charge in [0.05, 0.1) is 6.07 Å². The van der Waals surface area contributed by atoms with E-state index in [0.717, 1.165) is 5.69 Å². The Morgan fingerprint density at radius 1 is 1.64 bits per heavy atom. The summed E-state index contributed by atoms with van der Waals surface area (Å²) in [4.78, 5) is 4.05. The Kier molecular flexibility index (Phi) is 2.40. The molecule has 0 unspecified atom stereocenters. The van der Waals surface area contributed by atoms with Crippen LogP contribution in [0.5, 0.6) is 0 Å². The smallest absolute Gasteiger partial charge is 0.0944 e. The highest BCUT2D eigenvalue weighted by Gasteiger charge is 1.94. The number of rotatable bonds is 2. The van der Waals surface area contributed by atoms with E-state index >= 15 is 0 Å². The van der Waals surface area contributed by atoms with Crippen molar-refractivity contribution in [2.75, 3.05) is 0 Å². The summed E-state index contributed by atoms with van der Waals surface area (Å²) >= 11 is 0. The highest BCUT2D eigenvalue weighted by molar-refractivity contribution is 5.22. The quantitative estimate of drug-likeness (QED) is 0.592. The molecule has 1 heterocycles. The lowest BCUT2D eigenvalue weighted by Gasteiger charge is -1.94. The lowest BCUT2D eigenvalue weighted by atomic mass is 10.2. The van der Waals surface area contributed by atoms with Gasteiger partial charge in [-0.3, -0.25) is 4.98 Å². The molecule has 0 radical (unpaired) electrons. The van der Waals surface area contributed by atoms with E-state index in [-0.39, 0.29) is 0 Å². The second-order valence-electron chi connectivity index (χ2n) is 2.21. The molecule has 0 amide bonds. The fraction of sp³-hybridized carbons (Fsp3) is 0.111. The first-order chi connectivity index (χ1) is 5.33. The predicted octanol–water partition coefficient (Wildman–Crippen LogP) is 1.70. The number of hydrogen-bond donors (Lipinski definition) is 0. The molecule has 54 valence electrons. The molecule has 0 aliphatic carbocycles. The topological polar surface area (TPSA) is 36.7 Å². The number of nitriles is 1. The van der Waals surface area contributed by atoms with Gasteiger partial charge >= 0.3 is 0 Å². The van der Waals surface area contributed by atoms with Crippen molar-refractivity contribution >= 4 is 0 Å². The van der Waals surface area contributed by atoms with Crippen molar-refractivity contribution < 1.29 is 0 Å².